The van der Waals surface area contributed by atoms with Crippen LogP contribution >= 0.6 is 0 Å². The van der Waals surface area contributed by atoms with Crippen LogP contribution in [-0.4, -0.2) is 29.9 Å². The number of hydrogen-bond acceptors (Lipinski definition) is 4. The number of amides is 2. The van der Waals surface area contributed by atoms with Gasteiger partial charge >= 0.3 is 5.91 Å². The minimum Gasteiger partial charge on any atom is -0.356 e. The molecule has 0 aromatic rings. The second kappa shape index (κ2) is 10.1. The van der Waals surface area contributed by atoms with Crippen LogP contribution in [0.2, 0.25) is 0 Å². The van der Waals surface area contributed by atoms with E-state index in [2.05, 4.69) is 15.8 Å². The average molecular weight is 323 g/mol. The summed E-state index contributed by atoms with van der Waals surface area (Å²) in [6.07, 6.45) is 6.33. The van der Waals surface area contributed by atoms with Gasteiger partial charge in [0, 0.05) is 24.6 Å². The third-order valence-corrected chi connectivity index (χ3v) is 4.08. The SMILES string of the molecule is CC(C)=NNC(=O)C(=O)CC(C)CCNC(=O)C1CCCCC1. The van der Waals surface area contributed by atoms with Crippen molar-refractivity contribution in [2.24, 2.45) is 16.9 Å². The van der Waals surface area contributed by atoms with Crippen LogP contribution in [0.15, 0.2) is 5.10 Å². The summed E-state index contributed by atoms with van der Waals surface area (Å²) in [6, 6.07) is 0. The summed E-state index contributed by atoms with van der Waals surface area (Å²) in [6.45, 7) is 5.94. The average Bonchev–Trinajstić information content (AvgIpc) is 2.53. The molecule has 130 valence electrons. The predicted molar refractivity (Wildman–Crippen MR) is 89.9 cm³/mol. The lowest BCUT2D eigenvalue weighted by molar-refractivity contribution is -0.138. The van der Waals surface area contributed by atoms with E-state index < -0.39 is 11.7 Å². The Hall–Kier alpha value is -1.72. The van der Waals surface area contributed by atoms with E-state index in [1.807, 2.05) is 6.92 Å². The van der Waals surface area contributed by atoms with Gasteiger partial charge < -0.3 is 5.32 Å². The molecule has 1 atom stereocenters. The predicted octanol–water partition coefficient (Wildman–Crippen LogP) is 2.18. The molecule has 1 saturated carbocycles. The van der Waals surface area contributed by atoms with E-state index in [0.717, 1.165) is 25.7 Å². The van der Waals surface area contributed by atoms with Gasteiger partial charge in [-0.05, 0) is 39.0 Å². The number of Topliss-reactive ketones (excluding diaryl/α,β-unsaturated/α-hetero) is 1. The first-order chi connectivity index (χ1) is 10.9. The monoisotopic (exact) mass is 323 g/mol. The number of carbonyl (C=O) groups excluding carboxylic acids is 3. The van der Waals surface area contributed by atoms with Gasteiger partial charge in [-0.25, -0.2) is 5.43 Å². The molecule has 0 aromatic heterocycles. The molecule has 0 aromatic carbocycles. The molecule has 1 aliphatic rings. The molecule has 0 bridgehead atoms. The maximum Gasteiger partial charge on any atom is 0.307 e. The van der Waals surface area contributed by atoms with Gasteiger partial charge in [-0.3, -0.25) is 14.4 Å². The fraction of sp³-hybridized carbons (Fsp3) is 0.765. The first kappa shape index (κ1) is 19.3. The van der Waals surface area contributed by atoms with E-state index in [1.54, 1.807) is 13.8 Å². The van der Waals surface area contributed by atoms with Crippen LogP contribution in [0.5, 0.6) is 0 Å². The number of carbonyl (C=O) groups is 3. The molecule has 23 heavy (non-hydrogen) atoms. The molecular weight excluding hydrogens is 294 g/mol. The van der Waals surface area contributed by atoms with Crippen LogP contribution < -0.4 is 10.7 Å². The smallest absolute Gasteiger partial charge is 0.307 e. The summed E-state index contributed by atoms with van der Waals surface area (Å²) in [4.78, 5) is 35.3. The Labute approximate surface area is 138 Å². The molecule has 0 heterocycles. The zero-order chi connectivity index (χ0) is 17.2. The minimum absolute atomic E-state index is 0.0478. The molecule has 0 spiro atoms. The highest BCUT2D eigenvalue weighted by molar-refractivity contribution is 6.36. The van der Waals surface area contributed by atoms with E-state index in [-0.39, 0.29) is 24.2 Å². The molecule has 2 amide bonds. The molecule has 1 unspecified atom stereocenters. The van der Waals surface area contributed by atoms with Crippen molar-refractivity contribution in [2.75, 3.05) is 6.54 Å². The van der Waals surface area contributed by atoms with Crippen molar-refractivity contribution in [3.8, 4) is 0 Å². The first-order valence-corrected chi connectivity index (χ1v) is 8.52. The fourth-order valence-electron chi connectivity index (χ4n) is 2.69. The quantitative estimate of drug-likeness (QED) is 0.408. The number of nitrogens with zero attached hydrogens (tertiary/aromatic N) is 1. The zero-order valence-corrected chi connectivity index (χ0v) is 14.5. The van der Waals surface area contributed by atoms with Crippen molar-refractivity contribution in [1.29, 1.82) is 0 Å². The summed E-state index contributed by atoms with van der Waals surface area (Å²) in [5.41, 5.74) is 2.92. The number of rotatable bonds is 8. The Morgan fingerprint density at radius 1 is 1.13 bits per heavy atom. The number of nitrogens with one attached hydrogen (secondary N) is 2. The summed E-state index contributed by atoms with van der Waals surface area (Å²) in [5, 5.41) is 6.68. The third-order valence-electron chi connectivity index (χ3n) is 4.08. The van der Waals surface area contributed by atoms with Gasteiger partial charge in [0.2, 0.25) is 11.7 Å². The van der Waals surface area contributed by atoms with Crippen molar-refractivity contribution in [1.82, 2.24) is 10.7 Å². The first-order valence-electron chi connectivity index (χ1n) is 8.52. The standard InChI is InChI=1S/C17H29N3O3/c1-12(2)19-20-17(23)15(21)11-13(3)9-10-18-16(22)14-7-5-4-6-8-14/h13-14H,4-11H2,1-3H3,(H,18,22)(H,20,23). The number of ketones is 1. The lowest BCUT2D eigenvalue weighted by atomic mass is 9.88. The van der Waals surface area contributed by atoms with E-state index in [9.17, 15) is 14.4 Å². The Kier molecular flexibility index (Phi) is 8.51. The van der Waals surface area contributed by atoms with Gasteiger partial charge in [0.25, 0.3) is 0 Å². The zero-order valence-electron chi connectivity index (χ0n) is 14.5. The summed E-state index contributed by atoms with van der Waals surface area (Å²) >= 11 is 0. The van der Waals surface area contributed by atoms with Crippen LogP contribution in [-0.2, 0) is 14.4 Å². The molecule has 2 N–H and O–H groups in total. The van der Waals surface area contributed by atoms with E-state index in [0.29, 0.717) is 18.7 Å². The molecule has 0 saturated heterocycles. The fourth-order valence-corrected chi connectivity index (χ4v) is 2.69. The maximum atomic E-state index is 12.0. The Morgan fingerprint density at radius 3 is 2.39 bits per heavy atom. The van der Waals surface area contributed by atoms with Crippen molar-refractivity contribution in [2.45, 2.75) is 65.7 Å². The summed E-state index contributed by atoms with van der Waals surface area (Å²) < 4.78 is 0. The summed E-state index contributed by atoms with van der Waals surface area (Å²) in [7, 11) is 0. The summed E-state index contributed by atoms with van der Waals surface area (Å²) in [5.74, 6) is -0.813. The normalized spacial score (nSPS) is 16.3. The van der Waals surface area contributed by atoms with Crippen molar-refractivity contribution < 1.29 is 14.4 Å². The maximum absolute atomic E-state index is 12.0. The molecule has 1 fully saturated rings. The Bertz CT molecular complexity index is 450. The van der Waals surface area contributed by atoms with Gasteiger partial charge in [0.05, 0.1) is 0 Å². The largest absolute Gasteiger partial charge is 0.356 e. The van der Waals surface area contributed by atoms with Crippen LogP contribution in [0.1, 0.15) is 65.7 Å². The molecule has 0 radical (unpaired) electrons. The van der Waals surface area contributed by atoms with Crippen LogP contribution in [0.25, 0.3) is 0 Å². The lowest BCUT2D eigenvalue weighted by Gasteiger charge is -2.21. The number of hydrazone groups is 1. The van der Waals surface area contributed by atoms with Crippen LogP contribution in [0.3, 0.4) is 0 Å². The van der Waals surface area contributed by atoms with Gasteiger partial charge in [-0.1, -0.05) is 26.2 Å². The number of hydrogen-bond donors (Lipinski definition) is 2. The van der Waals surface area contributed by atoms with E-state index in [1.165, 1.54) is 6.42 Å². The highest BCUT2D eigenvalue weighted by Gasteiger charge is 2.21. The van der Waals surface area contributed by atoms with Gasteiger partial charge in [-0.15, -0.1) is 0 Å². The van der Waals surface area contributed by atoms with Gasteiger partial charge in [0.1, 0.15) is 0 Å². The molecule has 6 heteroatoms. The second-order valence-electron chi connectivity index (χ2n) is 6.65. The molecular formula is C17H29N3O3. The second-order valence-corrected chi connectivity index (χ2v) is 6.65. The highest BCUT2D eigenvalue weighted by Crippen LogP contribution is 2.23. The van der Waals surface area contributed by atoms with Crippen LogP contribution in [0, 0.1) is 11.8 Å². The third kappa shape index (κ3) is 7.90. The highest BCUT2D eigenvalue weighted by atomic mass is 16.2. The molecule has 0 aliphatic heterocycles. The van der Waals surface area contributed by atoms with Gasteiger partial charge in [0.15, 0.2) is 0 Å². The minimum atomic E-state index is -0.677. The van der Waals surface area contributed by atoms with E-state index in [4.69, 9.17) is 0 Å². The van der Waals surface area contributed by atoms with Crippen LogP contribution in [0.4, 0.5) is 0 Å². The van der Waals surface area contributed by atoms with Crippen molar-refractivity contribution in [3.63, 3.8) is 0 Å². The topological polar surface area (TPSA) is 87.6 Å². The van der Waals surface area contributed by atoms with E-state index >= 15 is 0 Å². The molecule has 1 rings (SSSR count). The molecule has 6 nitrogen and oxygen atoms in total. The van der Waals surface area contributed by atoms with Crippen molar-refractivity contribution >= 4 is 23.3 Å². The Balaban J connectivity index is 2.21. The van der Waals surface area contributed by atoms with Crippen molar-refractivity contribution in [3.05, 3.63) is 0 Å². The lowest BCUT2D eigenvalue weighted by Crippen LogP contribution is -2.33. The Morgan fingerprint density at radius 2 is 1.78 bits per heavy atom. The molecule has 1 aliphatic carbocycles. The van der Waals surface area contributed by atoms with Gasteiger partial charge in [-0.2, -0.15) is 5.10 Å².